The van der Waals surface area contributed by atoms with Gasteiger partial charge in [-0.25, -0.2) is 9.37 Å². The van der Waals surface area contributed by atoms with Crippen molar-refractivity contribution in [2.45, 2.75) is 12.8 Å². The summed E-state index contributed by atoms with van der Waals surface area (Å²) in [5.74, 6) is -0.289. The molecule has 3 rings (SSSR count). The van der Waals surface area contributed by atoms with Crippen LogP contribution in [-0.4, -0.2) is 24.0 Å². The van der Waals surface area contributed by atoms with Crippen LogP contribution in [0.2, 0.25) is 5.02 Å². The molecule has 1 aromatic carbocycles. The zero-order valence-corrected chi connectivity index (χ0v) is 13.7. The minimum Gasteiger partial charge on any atom is -0.316 e. The maximum absolute atomic E-state index is 14.6. The molecular weight excluding hydrogens is 329 g/mol. The first-order valence-corrected chi connectivity index (χ1v) is 8.14. The molecule has 2 N–H and O–H groups in total. The number of nitrogens with one attached hydrogen (secondary N) is 2. The minimum atomic E-state index is -0.314. The molecule has 1 aromatic heterocycles. The monoisotopic (exact) mass is 345 g/mol. The number of rotatable bonds is 3. The second-order valence-electron chi connectivity index (χ2n) is 5.54. The van der Waals surface area contributed by atoms with Crippen molar-refractivity contribution >= 4 is 29.2 Å². The van der Waals surface area contributed by atoms with Crippen molar-refractivity contribution in [2.75, 3.05) is 18.4 Å². The first kappa shape index (κ1) is 16.6. The Balaban J connectivity index is 1.78. The Morgan fingerprint density at radius 3 is 2.54 bits per heavy atom. The lowest BCUT2D eigenvalue weighted by molar-refractivity contribution is 0.102. The van der Waals surface area contributed by atoms with Gasteiger partial charge >= 0.3 is 0 Å². The van der Waals surface area contributed by atoms with Crippen LogP contribution < -0.4 is 10.6 Å². The van der Waals surface area contributed by atoms with E-state index in [0.717, 1.165) is 18.7 Å². The smallest absolute Gasteiger partial charge is 0.256 e. The van der Waals surface area contributed by atoms with E-state index in [0.29, 0.717) is 29.2 Å². The van der Waals surface area contributed by atoms with Gasteiger partial charge in [-0.05, 0) is 67.9 Å². The second kappa shape index (κ2) is 7.55. The highest BCUT2D eigenvalue weighted by Crippen LogP contribution is 2.25. The van der Waals surface area contributed by atoms with Gasteiger partial charge in [0.1, 0.15) is 17.3 Å². The number of piperidine rings is 1. The molecule has 0 atom stereocenters. The molecule has 0 aliphatic carbocycles. The van der Waals surface area contributed by atoms with Crippen molar-refractivity contribution in [1.29, 1.82) is 0 Å². The summed E-state index contributed by atoms with van der Waals surface area (Å²) in [5.41, 5.74) is 1.48. The van der Waals surface area contributed by atoms with Crippen LogP contribution in [-0.2, 0) is 0 Å². The maximum atomic E-state index is 14.6. The normalized spacial score (nSPS) is 14.3. The van der Waals surface area contributed by atoms with Crippen molar-refractivity contribution < 1.29 is 9.18 Å². The number of nitrogens with zero attached hydrogens (tertiary/aromatic N) is 1. The molecule has 4 nitrogen and oxygen atoms in total. The number of anilines is 1. The quantitative estimate of drug-likeness (QED) is 0.882. The number of aromatic nitrogens is 1. The van der Waals surface area contributed by atoms with Gasteiger partial charge < -0.3 is 10.6 Å². The molecule has 0 saturated carbocycles. The lowest BCUT2D eigenvalue weighted by Crippen LogP contribution is -2.23. The van der Waals surface area contributed by atoms with Gasteiger partial charge in [-0.3, -0.25) is 4.79 Å². The first-order valence-electron chi connectivity index (χ1n) is 7.76. The van der Waals surface area contributed by atoms with E-state index in [1.165, 1.54) is 0 Å². The molecular formula is C18H17ClFN3O. The Labute approximate surface area is 144 Å². The number of carbonyl (C=O) groups is 1. The van der Waals surface area contributed by atoms with Crippen LogP contribution in [0.3, 0.4) is 0 Å². The lowest BCUT2D eigenvalue weighted by Gasteiger charge is -2.16. The van der Waals surface area contributed by atoms with Gasteiger partial charge in [0.25, 0.3) is 5.91 Å². The predicted molar refractivity (Wildman–Crippen MR) is 93.8 cm³/mol. The highest BCUT2D eigenvalue weighted by Gasteiger charge is 2.14. The number of carbonyl (C=O) groups excluding carboxylic acids is 1. The van der Waals surface area contributed by atoms with Crippen LogP contribution >= 0.6 is 11.6 Å². The fraction of sp³-hybridized carbons (Fsp3) is 0.222. The van der Waals surface area contributed by atoms with Crippen LogP contribution in [0.1, 0.15) is 28.9 Å². The second-order valence-corrected chi connectivity index (χ2v) is 5.97. The fourth-order valence-electron chi connectivity index (χ4n) is 2.55. The van der Waals surface area contributed by atoms with Crippen molar-refractivity contribution in [1.82, 2.24) is 10.3 Å². The molecule has 1 aliphatic rings. The van der Waals surface area contributed by atoms with Crippen LogP contribution in [0, 0.1) is 0 Å². The summed E-state index contributed by atoms with van der Waals surface area (Å²) in [6.07, 6.45) is 1.35. The summed E-state index contributed by atoms with van der Waals surface area (Å²) in [5, 5.41) is 6.43. The van der Waals surface area contributed by atoms with E-state index in [4.69, 9.17) is 11.6 Å². The predicted octanol–water partition coefficient (Wildman–Crippen LogP) is 4.05. The summed E-state index contributed by atoms with van der Waals surface area (Å²) < 4.78 is 14.6. The third-order valence-corrected chi connectivity index (χ3v) is 4.09. The van der Waals surface area contributed by atoms with E-state index in [-0.39, 0.29) is 17.4 Å². The molecule has 1 fully saturated rings. The summed E-state index contributed by atoms with van der Waals surface area (Å²) in [6.45, 7) is 1.55. The molecule has 0 spiro atoms. The first-order chi connectivity index (χ1) is 11.6. The van der Waals surface area contributed by atoms with Gasteiger partial charge in [-0.15, -0.1) is 0 Å². The molecule has 24 heavy (non-hydrogen) atoms. The summed E-state index contributed by atoms with van der Waals surface area (Å²) in [6, 6.07) is 11.5. The highest BCUT2D eigenvalue weighted by molar-refractivity contribution is 6.30. The van der Waals surface area contributed by atoms with Gasteiger partial charge in [0.2, 0.25) is 0 Å². The Kier molecular flexibility index (Phi) is 5.23. The number of pyridine rings is 1. The van der Waals surface area contributed by atoms with E-state index in [1.807, 2.05) is 0 Å². The van der Waals surface area contributed by atoms with Crippen molar-refractivity contribution in [3.8, 4) is 0 Å². The lowest BCUT2D eigenvalue weighted by atomic mass is 10.0. The molecule has 6 heteroatoms. The van der Waals surface area contributed by atoms with Crippen LogP contribution in [0.5, 0.6) is 0 Å². The van der Waals surface area contributed by atoms with E-state index >= 15 is 0 Å². The largest absolute Gasteiger partial charge is 0.316 e. The van der Waals surface area contributed by atoms with Crippen molar-refractivity contribution in [2.24, 2.45) is 0 Å². The van der Waals surface area contributed by atoms with Crippen molar-refractivity contribution in [3.63, 3.8) is 0 Å². The Hall–Kier alpha value is -2.24. The van der Waals surface area contributed by atoms with E-state index in [9.17, 15) is 9.18 Å². The van der Waals surface area contributed by atoms with E-state index < -0.39 is 0 Å². The van der Waals surface area contributed by atoms with Crippen LogP contribution in [0.25, 0.3) is 5.83 Å². The molecule has 0 bridgehead atoms. The molecule has 0 radical (unpaired) electrons. The van der Waals surface area contributed by atoms with Gasteiger partial charge in [0.15, 0.2) is 0 Å². The average Bonchev–Trinajstić information content (AvgIpc) is 2.62. The third kappa shape index (κ3) is 3.99. The van der Waals surface area contributed by atoms with E-state index in [1.54, 1.807) is 42.5 Å². The molecule has 1 aliphatic heterocycles. The molecule has 1 amide bonds. The summed E-state index contributed by atoms with van der Waals surface area (Å²) >= 11 is 5.81. The minimum absolute atomic E-state index is 0.251. The molecule has 124 valence electrons. The average molecular weight is 346 g/mol. The number of halogens is 2. The zero-order valence-electron chi connectivity index (χ0n) is 13.0. The maximum Gasteiger partial charge on any atom is 0.256 e. The summed E-state index contributed by atoms with van der Waals surface area (Å²) in [4.78, 5) is 16.4. The Morgan fingerprint density at radius 1 is 1.12 bits per heavy atom. The van der Waals surface area contributed by atoms with Gasteiger partial charge in [0.05, 0.1) is 0 Å². The molecule has 0 unspecified atom stereocenters. The number of hydrogen-bond donors (Lipinski definition) is 2. The van der Waals surface area contributed by atoms with Gasteiger partial charge in [0, 0.05) is 10.6 Å². The van der Waals surface area contributed by atoms with Gasteiger partial charge in [-0.1, -0.05) is 17.7 Å². The molecule has 2 aromatic rings. The van der Waals surface area contributed by atoms with Gasteiger partial charge in [-0.2, -0.15) is 0 Å². The Morgan fingerprint density at radius 2 is 1.83 bits per heavy atom. The van der Waals surface area contributed by atoms with Crippen molar-refractivity contribution in [3.05, 3.63) is 64.3 Å². The fourth-order valence-corrected chi connectivity index (χ4v) is 2.67. The van der Waals surface area contributed by atoms with E-state index in [2.05, 4.69) is 15.6 Å². The standard InChI is InChI=1S/C18H17ClFN3O/c19-14-6-4-13(5-7-14)18(24)23-16-3-1-2-15(22-16)17(20)12-8-10-21-11-9-12/h1-7,21H,8-11H2,(H,22,23,24). The van der Waals surface area contributed by atoms with Crippen LogP contribution in [0.15, 0.2) is 48.0 Å². The summed E-state index contributed by atoms with van der Waals surface area (Å²) in [7, 11) is 0. The topological polar surface area (TPSA) is 54.0 Å². The molecule has 1 saturated heterocycles. The Bertz CT molecular complexity index is 766. The van der Waals surface area contributed by atoms with Crippen LogP contribution in [0.4, 0.5) is 10.2 Å². The number of amides is 1. The number of hydrogen-bond acceptors (Lipinski definition) is 3. The highest BCUT2D eigenvalue weighted by atomic mass is 35.5. The third-order valence-electron chi connectivity index (χ3n) is 3.84. The number of benzene rings is 1. The SMILES string of the molecule is O=C(Nc1cccc(C(F)=C2CCNCC2)n1)c1ccc(Cl)cc1. The molecule has 2 heterocycles. The zero-order chi connectivity index (χ0) is 16.9.